The fourth-order valence-corrected chi connectivity index (χ4v) is 7.94. The third kappa shape index (κ3) is 4.30. The second-order valence-corrected chi connectivity index (χ2v) is 12.6. The Labute approximate surface area is 288 Å². The Bertz CT molecular complexity index is 2820. The molecular formula is C45H27N5. The summed E-state index contributed by atoms with van der Waals surface area (Å²) in [6.45, 7) is 0. The summed E-state index contributed by atoms with van der Waals surface area (Å²) < 4.78 is 4.52. The zero-order valence-electron chi connectivity index (χ0n) is 26.8. The quantitative estimate of drug-likeness (QED) is 0.193. The van der Waals surface area contributed by atoms with Crippen LogP contribution in [0.3, 0.4) is 0 Å². The van der Waals surface area contributed by atoms with Gasteiger partial charge in [-0.2, -0.15) is 15.8 Å². The van der Waals surface area contributed by atoms with Gasteiger partial charge in [-0.15, -0.1) is 0 Å². The van der Waals surface area contributed by atoms with E-state index in [0.717, 1.165) is 66.0 Å². The first kappa shape index (κ1) is 29.0. The highest BCUT2D eigenvalue weighted by Crippen LogP contribution is 2.45. The Morgan fingerprint density at radius 3 is 1.84 bits per heavy atom. The van der Waals surface area contributed by atoms with Crippen LogP contribution < -0.4 is 0 Å². The number of benzene rings is 6. The van der Waals surface area contributed by atoms with E-state index in [4.69, 9.17) is 0 Å². The molecule has 2 unspecified atom stereocenters. The molecule has 232 valence electrons. The van der Waals surface area contributed by atoms with Crippen LogP contribution >= 0.6 is 0 Å². The number of allylic oxidation sites excluding steroid dienone is 4. The zero-order chi connectivity index (χ0) is 33.8. The van der Waals surface area contributed by atoms with Gasteiger partial charge < -0.3 is 9.13 Å². The minimum atomic E-state index is -0.232. The second kappa shape index (κ2) is 11.5. The molecule has 1 aliphatic rings. The molecule has 5 nitrogen and oxygen atoms in total. The van der Waals surface area contributed by atoms with Crippen LogP contribution in [0.4, 0.5) is 0 Å². The summed E-state index contributed by atoms with van der Waals surface area (Å²) in [5, 5.41) is 35.1. The number of hydrogen-bond acceptors (Lipinski definition) is 3. The van der Waals surface area contributed by atoms with Crippen LogP contribution in [0.1, 0.15) is 28.7 Å². The van der Waals surface area contributed by atoms with E-state index in [2.05, 4.69) is 100 Å². The second-order valence-electron chi connectivity index (χ2n) is 12.6. The third-order valence-electron chi connectivity index (χ3n) is 10.1. The van der Waals surface area contributed by atoms with E-state index < -0.39 is 0 Å². The molecule has 0 amide bonds. The van der Waals surface area contributed by atoms with E-state index in [1.165, 1.54) is 0 Å². The van der Waals surface area contributed by atoms with E-state index in [1.807, 2.05) is 78.9 Å². The topological polar surface area (TPSA) is 81.2 Å². The van der Waals surface area contributed by atoms with Crippen molar-refractivity contribution >= 4 is 43.6 Å². The van der Waals surface area contributed by atoms with Crippen molar-refractivity contribution in [1.29, 1.82) is 15.8 Å². The Hall–Kier alpha value is -7.13. The number of rotatable bonds is 4. The largest absolute Gasteiger partial charge is 0.332 e. The lowest BCUT2D eigenvalue weighted by molar-refractivity contribution is 0.575. The van der Waals surface area contributed by atoms with Gasteiger partial charge in [-0.3, -0.25) is 0 Å². The summed E-state index contributed by atoms with van der Waals surface area (Å²) in [6.07, 6.45) is 6.07. The van der Waals surface area contributed by atoms with E-state index in [9.17, 15) is 15.8 Å². The smallest absolute Gasteiger partial charge is 0.102 e. The Morgan fingerprint density at radius 2 is 1.14 bits per heavy atom. The molecule has 50 heavy (non-hydrogen) atoms. The van der Waals surface area contributed by atoms with Crippen molar-refractivity contribution in [1.82, 2.24) is 9.13 Å². The van der Waals surface area contributed by atoms with Gasteiger partial charge in [0.05, 0.1) is 46.0 Å². The number of aromatic nitrogens is 2. The van der Waals surface area contributed by atoms with Crippen LogP contribution in [0, 0.1) is 34.0 Å². The van der Waals surface area contributed by atoms with Crippen molar-refractivity contribution in [3.8, 4) is 35.0 Å². The highest BCUT2D eigenvalue weighted by atomic mass is 15.0. The van der Waals surface area contributed by atoms with Gasteiger partial charge in [0.25, 0.3) is 0 Å². The van der Waals surface area contributed by atoms with Crippen LogP contribution in [0.15, 0.2) is 157 Å². The highest BCUT2D eigenvalue weighted by Gasteiger charge is 2.30. The minimum absolute atomic E-state index is 0.186. The van der Waals surface area contributed by atoms with Crippen LogP contribution in [0.2, 0.25) is 0 Å². The average molecular weight is 638 g/mol. The number of para-hydroxylation sites is 3. The van der Waals surface area contributed by atoms with E-state index >= 15 is 0 Å². The van der Waals surface area contributed by atoms with Crippen molar-refractivity contribution in [2.45, 2.75) is 12.0 Å². The third-order valence-corrected chi connectivity index (χ3v) is 10.1. The van der Waals surface area contributed by atoms with Crippen molar-refractivity contribution in [2.24, 2.45) is 0 Å². The highest BCUT2D eigenvalue weighted by molar-refractivity contribution is 6.10. The molecule has 0 bridgehead atoms. The maximum atomic E-state index is 10.9. The molecule has 0 N–H and O–H groups in total. The predicted molar refractivity (Wildman–Crippen MR) is 200 cm³/mol. The standard InChI is InChI=1S/C45H27N5/c46-26-29-20-22-44(50-42-18-8-5-14-36(42)38-25-30(27-47)21-23-45(38)50)37(24-29)32-11-2-1-10-31(32)33-15-9-19-43(39(33)28-48)49-40-16-6-3-12-34(40)35-13-4-7-17-41(35)49/h1-25,37,44H. The molecule has 1 aliphatic carbocycles. The van der Waals surface area contributed by atoms with Crippen LogP contribution in [-0.2, 0) is 0 Å². The monoisotopic (exact) mass is 637 g/mol. The molecule has 5 heteroatoms. The van der Waals surface area contributed by atoms with Gasteiger partial charge in [0.1, 0.15) is 6.07 Å². The molecule has 0 saturated carbocycles. The van der Waals surface area contributed by atoms with Crippen molar-refractivity contribution in [3.63, 3.8) is 0 Å². The molecule has 9 rings (SSSR count). The summed E-state index contributed by atoms with van der Waals surface area (Å²) in [6, 6.07) is 52.2. The molecule has 2 atom stereocenters. The molecule has 8 aromatic rings. The van der Waals surface area contributed by atoms with Gasteiger partial charge in [0.2, 0.25) is 0 Å². The Balaban J connectivity index is 1.28. The maximum Gasteiger partial charge on any atom is 0.102 e. The maximum absolute atomic E-state index is 10.9. The van der Waals surface area contributed by atoms with Gasteiger partial charge in [-0.05, 0) is 59.7 Å². The SMILES string of the molecule is N#CC1=CC(c2ccccc2-c2cccc(-n3c4ccccc4c4ccccc43)c2C#N)C(n2c3ccccc3c3cc(C#N)ccc32)C=C1. The first-order valence-corrected chi connectivity index (χ1v) is 16.5. The van der Waals surface area contributed by atoms with Crippen molar-refractivity contribution in [3.05, 3.63) is 174 Å². The Morgan fingerprint density at radius 1 is 0.520 bits per heavy atom. The summed E-state index contributed by atoms with van der Waals surface area (Å²) in [5.41, 5.74) is 9.55. The van der Waals surface area contributed by atoms with Gasteiger partial charge in [-0.25, -0.2) is 0 Å². The lowest BCUT2D eigenvalue weighted by Crippen LogP contribution is -2.18. The van der Waals surface area contributed by atoms with Crippen molar-refractivity contribution < 1.29 is 0 Å². The molecule has 0 fully saturated rings. The number of hydrogen-bond donors (Lipinski definition) is 0. The molecule has 0 aliphatic heterocycles. The lowest BCUT2D eigenvalue weighted by atomic mass is 9.81. The van der Waals surface area contributed by atoms with E-state index in [-0.39, 0.29) is 12.0 Å². The van der Waals surface area contributed by atoms with E-state index in [1.54, 1.807) is 0 Å². The molecule has 0 spiro atoms. The van der Waals surface area contributed by atoms with Gasteiger partial charge >= 0.3 is 0 Å². The van der Waals surface area contributed by atoms with E-state index in [0.29, 0.717) is 16.7 Å². The predicted octanol–water partition coefficient (Wildman–Crippen LogP) is 10.6. The number of nitrogens with zero attached hydrogens (tertiary/aromatic N) is 5. The van der Waals surface area contributed by atoms with Gasteiger partial charge in [0, 0.05) is 49.6 Å². The molecular weight excluding hydrogens is 611 g/mol. The van der Waals surface area contributed by atoms with Crippen LogP contribution in [-0.4, -0.2) is 9.13 Å². The number of nitriles is 3. The summed E-state index contributed by atoms with van der Waals surface area (Å²) in [7, 11) is 0. The fraction of sp³-hybridized carbons (Fsp3) is 0.0444. The van der Waals surface area contributed by atoms with Gasteiger partial charge in [0.15, 0.2) is 0 Å². The minimum Gasteiger partial charge on any atom is -0.332 e. The molecule has 0 saturated heterocycles. The van der Waals surface area contributed by atoms with Crippen LogP contribution in [0.5, 0.6) is 0 Å². The molecule has 2 aromatic heterocycles. The summed E-state index contributed by atoms with van der Waals surface area (Å²) >= 11 is 0. The normalized spacial score (nSPS) is 15.6. The summed E-state index contributed by atoms with van der Waals surface area (Å²) in [5.74, 6) is -0.232. The van der Waals surface area contributed by atoms with Crippen LogP contribution in [0.25, 0.3) is 60.4 Å². The molecule has 2 heterocycles. The zero-order valence-corrected chi connectivity index (χ0v) is 26.8. The lowest BCUT2D eigenvalue weighted by Gasteiger charge is -2.30. The molecule has 6 aromatic carbocycles. The first-order chi connectivity index (χ1) is 24.7. The first-order valence-electron chi connectivity index (χ1n) is 16.5. The van der Waals surface area contributed by atoms with Gasteiger partial charge in [-0.1, -0.05) is 103 Å². The summed E-state index contributed by atoms with van der Waals surface area (Å²) in [4.78, 5) is 0. The number of fused-ring (bicyclic) bond motifs is 6. The Kier molecular flexibility index (Phi) is 6.70. The van der Waals surface area contributed by atoms with Crippen molar-refractivity contribution in [2.75, 3.05) is 0 Å². The molecule has 0 radical (unpaired) electrons. The fourth-order valence-electron chi connectivity index (χ4n) is 7.94. The average Bonchev–Trinajstić information content (AvgIpc) is 3.69.